The van der Waals surface area contributed by atoms with E-state index in [-0.39, 0.29) is 17.5 Å². The van der Waals surface area contributed by atoms with Crippen molar-refractivity contribution in [1.82, 2.24) is 20.0 Å². The lowest BCUT2D eigenvalue weighted by molar-refractivity contribution is -0.384. The number of hydrogen-bond acceptors (Lipinski definition) is 5. The first kappa shape index (κ1) is 18.3. The lowest BCUT2D eigenvalue weighted by Crippen LogP contribution is -2.44. The SMILES string of the molecule is CC(C)CNC(=O)C1CCCN(Cn2ncc3cc([N+](=O)[O-])ccc32)C1. The molecule has 3 rings (SSSR count). The van der Waals surface area contributed by atoms with E-state index in [9.17, 15) is 14.9 Å². The molecule has 1 atom stereocenters. The molecular formula is C18H25N5O3. The number of non-ortho nitro benzene ring substituents is 1. The number of nitro benzene ring substituents is 1. The van der Waals surface area contributed by atoms with Crippen LogP contribution in [0.5, 0.6) is 0 Å². The van der Waals surface area contributed by atoms with Crippen molar-refractivity contribution in [2.45, 2.75) is 33.4 Å². The van der Waals surface area contributed by atoms with E-state index in [1.165, 1.54) is 12.1 Å². The van der Waals surface area contributed by atoms with E-state index in [1.54, 1.807) is 12.3 Å². The summed E-state index contributed by atoms with van der Waals surface area (Å²) in [6, 6.07) is 4.77. The zero-order valence-corrected chi connectivity index (χ0v) is 15.2. The van der Waals surface area contributed by atoms with Crippen LogP contribution in [0.3, 0.4) is 0 Å². The molecular weight excluding hydrogens is 334 g/mol. The Morgan fingerprint density at radius 3 is 3.00 bits per heavy atom. The smallest absolute Gasteiger partial charge is 0.270 e. The third-order valence-electron chi connectivity index (χ3n) is 4.73. The first-order chi connectivity index (χ1) is 12.4. The number of nitrogens with zero attached hydrogens (tertiary/aromatic N) is 4. The van der Waals surface area contributed by atoms with Gasteiger partial charge in [-0.3, -0.25) is 24.5 Å². The number of amides is 1. The minimum atomic E-state index is -0.401. The third kappa shape index (κ3) is 4.19. The molecule has 0 bridgehead atoms. The molecule has 140 valence electrons. The van der Waals surface area contributed by atoms with Gasteiger partial charge in [0.25, 0.3) is 5.69 Å². The molecule has 26 heavy (non-hydrogen) atoms. The second kappa shape index (κ2) is 7.82. The molecule has 0 radical (unpaired) electrons. The molecule has 0 aliphatic carbocycles. The Kier molecular flexibility index (Phi) is 5.51. The number of nitrogens with one attached hydrogen (secondary N) is 1. The molecule has 8 nitrogen and oxygen atoms in total. The summed E-state index contributed by atoms with van der Waals surface area (Å²) in [7, 11) is 0. The average Bonchev–Trinajstić information content (AvgIpc) is 3.02. The number of nitro groups is 1. The highest BCUT2D eigenvalue weighted by atomic mass is 16.6. The standard InChI is InChI=1S/C18H25N5O3/c1-13(2)9-19-18(24)14-4-3-7-21(11-14)12-22-17-6-5-16(23(25)26)8-15(17)10-20-22/h5-6,8,10,13-14H,3-4,7,9,11-12H2,1-2H3,(H,19,24). The Bertz CT molecular complexity index is 801. The summed E-state index contributed by atoms with van der Waals surface area (Å²) in [5, 5.41) is 19.0. The van der Waals surface area contributed by atoms with Crippen molar-refractivity contribution in [2.24, 2.45) is 11.8 Å². The van der Waals surface area contributed by atoms with Crippen LogP contribution in [0.1, 0.15) is 26.7 Å². The van der Waals surface area contributed by atoms with Crippen molar-refractivity contribution < 1.29 is 9.72 Å². The van der Waals surface area contributed by atoms with Gasteiger partial charge in [0.1, 0.15) is 0 Å². The van der Waals surface area contributed by atoms with Crippen LogP contribution in [0.2, 0.25) is 0 Å². The van der Waals surface area contributed by atoms with Gasteiger partial charge in [-0.25, -0.2) is 0 Å². The molecule has 1 N–H and O–H groups in total. The second-order valence-electron chi connectivity index (χ2n) is 7.34. The van der Waals surface area contributed by atoms with Crippen LogP contribution in [0.25, 0.3) is 10.9 Å². The van der Waals surface area contributed by atoms with Crippen LogP contribution in [0.4, 0.5) is 5.69 Å². The fourth-order valence-corrected chi connectivity index (χ4v) is 3.34. The molecule has 8 heteroatoms. The molecule has 1 unspecified atom stereocenters. The van der Waals surface area contributed by atoms with Gasteiger partial charge >= 0.3 is 0 Å². The number of hydrogen-bond donors (Lipinski definition) is 1. The topological polar surface area (TPSA) is 93.3 Å². The molecule has 1 saturated heterocycles. The molecule has 2 heterocycles. The van der Waals surface area contributed by atoms with Crippen molar-refractivity contribution in [3.8, 4) is 0 Å². The van der Waals surface area contributed by atoms with E-state index >= 15 is 0 Å². The Balaban J connectivity index is 1.66. The van der Waals surface area contributed by atoms with Crippen molar-refractivity contribution in [2.75, 3.05) is 19.6 Å². The minimum Gasteiger partial charge on any atom is -0.356 e. The number of likely N-dealkylation sites (tertiary alicyclic amines) is 1. The van der Waals surface area contributed by atoms with E-state index in [0.29, 0.717) is 25.7 Å². The van der Waals surface area contributed by atoms with Crippen molar-refractivity contribution >= 4 is 22.5 Å². The van der Waals surface area contributed by atoms with Crippen LogP contribution in [-0.2, 0) is 11.5 Å². The normalized spacial score (nSPS) is 18.3. The number of piperidine rings is 1. The average molecular weight is 359 g/mol. The van der Waals surface area contributed by atoms with Crippen LogP contribution in [0.15, 0.2) is 24.4 Å². The number of carbonyl (C=O) groups excluding carboxylic acids is 1. The predicted molar refractivity (Wildman–Crippen MR) is 98.5 cm³/mol. The summed E-state index contributed by atoms with van der Waals surface area (Å²) in [4.78, 5) is 25.1. The monoisotopic (exact) mass is 359 g/mol. The van der Waals surface area contributed by atoms with E-state index in [0.717, 1.165) is 30.3 Å². The Labute approximate surface area is 152 Å². The lowest BCUT2D eigenvalue weighted by Gasteiger charge is -2.32. The molecule has 1 amide bonds. The van der Waals surface area contributed by atoms with Gasteiger partial charge in [-0.05, 0) is 31.4 Å². The van der Waals surface area contributed by atoms with Crippen LogP contribution < -0.4 is 5.32 Å². The van der Waals surface area contributed by atoms with Gasteiger partial charge in [0.15, 0.2) is 0 Å². The van der Waals surface area contributed by atoms with Gasteiger partial charge in [0, 0.05) is 30.6 Å². The Hall–Kier alpha value is -2.48. The van der Waals surface area contributed by atoms with Crippen LogP contribution >= 0.6 is 0 Å². The fourth-order valence-electron chi connectivity index (χ4n) is 3.34. The van der Waals surface area contributed by atoms with Gasteiger partial charge < -0.3 is 5.32 Å². The fraction of sp³-hybridized carbons (Fsp3) is 0.556. The van der Waals surface area contributed by atoms with E-state index in [2.05, 4.69) is 29.2 Å². The zero-order chi connectivity index (χ0) is 18.7. The predicted octanol–water partition coefficient (Wildman–Crippen LogP) is 2.39. The van der Waals surface area contributed by atoms with E-state index in [1.807, 2.05) is 4.68 Å². The molecule has 1 fully saturated rings. The minimum absolute atomic E-state index is 0.00501. The summed E-state index contributed by atoms with van der Waals surface area (Å²) < 4.78 is 1.84. The highest BCUT2D eigenvalue weighted by Crippen LogP contribution is 2.22. The highest BCUT2D eigenvalue weighted by Gasteiger charge is 2.26. The summed E-state index contributed by atoms with van der Waals surface area (Å²) in [6.07, 6.45) is 3.54. The van der Waals surface area contributed by atoms with Crippen molar-refractivity contribution in [3.63, 3.8) is 0 Å². The maximum absolute atomic E-state index is 12.3. The first-order valence-electron chi connectivity index (χ1n) is 9.04. The van der Waals surface area contributed by atoms with Gasteiger partial charge in [-0.15, -0.1) is 0 Å². The summed E-state index contributed by atoms with van der Waals surface area (Å²) >= 11 is 0. The van der Waals surface area contributed by atoms with E-state index in [4.69, 9.17) is 0 Å². The van der Waals surface area contributed by atoms with Gasteiger partial charge in [-0.1, -0.05) is 13.8 Å². The maximum atomic E-state index is 12.3. The number of fused-ring (bicyclic) bond motifs is 1. The molecule has 1 aliphatic heterocycles. The van der Waals surface area contributed by atoms with Crippen molar-refractivity contribution in [3.05, 3.63) is 34.5 Å². The second-order valence-corrected chi connectivity index (χ2v) is 7.34. The summed E-state index contributed by atoms with van der Waals surface area (Å²) in [6.45, 7) is 7.08. The number of carbonyl (C=O) groups is 1. The van der Waals surface area contributed by atoms with Crippen molar-refractivity contribution in [1.29, 1.82) is 0 Å². The van der Waals surface area contributed by atoms with Gasteiger partial charge in [-0.2, -0.15) is 5.10 Å². The van der Waals surface area contributed by atoms with Gasteiger partial charge in [0.05, 0.1) is 29.2 Å². The number of rotatable bonds is 6. The maximum Gasteiger partial charge on any atom is 0.270 e. The molecule has 1 aromatic carbocycles. The van der Waals surface area contributed by atoms with E-state index < -0.39 is 4.92 Å². The molecule has 0 spiro atoms. The third-order valence-corrected chi connectivity index (χ3v) is 4.73. The highest BCUT2D eigenvalue weighted by molar-refractivity contribution is 5.81. The zero-order valence-electron chi connectivity index (χ0n) is 15.2. The Morgan fingerprint density at radius 1 is 1.46 bits per heavy atom. The van der Waals surface area contributed by atoms with Gasteiger partial charge in [0.2, 0.25) is 5.91 Å². The number of benzene rings is 1. The molecule has 1 aliphatic rings. The Morgan fingerprint density at radius 2 is 2.27 bits per heavy atom. The lowest BCUT2D eigenvalue weighted by atomic mass is 9.97. The number of aromatic nitrogens is 2. The van der Waals surface area contributed by atoms with Crippen LogP contribution in [0, 0.1) is 22.0 Å². The largest absolute Gasteiger partial charge is 0.356 e. The molecule has 0 saturated carbocycles. The summed E-state index contributed by atoms with van der Waals surface area (Å²) in [5.41, 5.74) is 0.930. The quantitative estimate of drug-likeness (QED) is 0.631. The van der Waals surface area contributed by atoms with Crippen LogP contribution in [-0.4, -0.2) is 45.1 Å². The molecule has 1 aromatic heterocycles. The summed E-state index contributed by atoms with van der Waals surface area (Å²) in [5.74, 6) is 0.577. The molecule has 2 aromatic rings. The first-order valence-corrected chi connectivity index (χ1v) is 9.04.